The normalized spacial score (nSPS) is 16.9. The molecule has 6 heteroatoms. The van der Waals surface area contributed by atoms with E-state index >= 15 is 0 Å². The van der Waals surface area contributed by atoms with Gasteiger partial charge in [-0.15, -0.1) is 0 Å². The van der Waals surface area contributed by atoms with Crippen molar-refractivity contribution in [3.63, 3.8) is 0 Å². The summed E-state index contributed by atoms with van der Waals surface area (Å²) < 4.78 is 11.1. The summed E-state index contributed by atoms with van der Waals surface area (Å²) in [6.07, 6.45) is 0.580. The SMILES string of the molecule is COCCCN1C(=O)C(=O)/C(=C(/O)c2ccc(OCc3cccc(C)c3)cc2)[C@@H]1c1ccc(C(C)C)cc1. The Morgan fingerprint density at radius 1 is 1.00 bits per heavy atom. The third-order valence-corrected chi connectivity index (χ3v) is 6.82. The number of ether oxygens (including phenoxy) is 2. The highest BCUT2D eigenvalue weighted by Gasteiger charge is 2.45. The van der Waals surface area contributed by atoms with Crippen LogP contribution >= 0.6 is 0 Å². The monoisotopic (exact) mass is 513 g/mol. The highest BCUT2D eigenvalue weighted by atomic mass is 16.5. The van der Waals surface area contributed by atoms with Crippen LogP contribution in [0.15, 0.2) is 78.4 Å². The van der Waals surface area contributed by atoms with Crippen molar-refractivity contribution in [2.45, 2.75) is 45.8 Å². The van der Waals surface area contributed by atoms with E-state index in [2.05, 4.69) is 19.9 Å². The number of methoxy groups -OCH3 is 1. The third-order valence-electron chi connectivity index (χ3n) is 6.82. The molecule has 1 heterocycles. The Morgan fingerprint density at radius 2 is 1.71 bits per heavy atom. The van der Waals surface area contributed by atoms with Gasteiger partial charge in [0.25, 0.3) is 11.7 Å². The van der Waals surface area contributed by atoms with E-state index in [1.54, 1.807) is 31.4 Å². The summed E-state index contributed by atoms with van der Waals surface area (Å²) in [5.41, 5.74) is 4.72. The molecule has 6 nitrogen and oxygen atoms in total. The lowest BCUT2D eigenvalue weighted by Crippen LogP contribution is -2.31. The van der Waals surface area contributed by atoms with Crippen LogP contribution in [0.2, 0.25) is 0 Å². The molecule has 1 fully saturated rings. The first-order valence-corrected chi connectivity index (χ1v) is 13.0. The molecule has 0 bridgehead atoms. The van der Waals surface area contributed by atoms with Gasteiger partial charge in [0.2, 0.25) is 0 Å². The zero-order valence-corrected chi connectivity index (χ0v) is 22.4. The van der Waals surface area contributed by atoms with E-state index in [0.717, 1.165) is 16.7 Å². The van der Waals surface area contributed by atoms with Gasteiger partial charge in [-0.3, -0.25) is 9.59 Å². The first-order valence-electron chi connectivity index (χ1n) is 13.0. The molecule has 38 heavy (non-hydrogen) atoms. The molecule has 1 N–H and O–H groups in total. The molecule has 0 unspecified atom stereocenters. The molecule has 4 rings (SSSR count). The van der Waals surface area contributed by atoms with Gasteiger partial charge in [0.15, 0.2) is 0 Å². The summed E-state index contributed by atoms with van der Waals surface area (Å²) in [7, 11) is 1.60. The summed E-state index contributed by atoms with van der Waals surface area (Å²) in [6, 6.07) is 22.2. The van der Waals surface area contributed by atoms with E-state index in [-0.39, 0.29) is 11.3 Å². The van der Waals surface area contributed by atoms with Crippen molar-refractivity contribution in [2.75, 3.05) is 20.3 Å². The zero-order chi connectivity index (χ0) is 27.2. The number of carbonyl (C=O) groups excluding carboxylic acids is 2. The van der Waals surface area contributed by atoms with E-state index in [9.17, 15) is 14.7 Å². The summed E-state index contributed by atoms with van der Waals surface area (Å²) >= 11 is 0. The van der Waals surface area contributed by atoms with Crippen LogP contribution < -0.4 is 4.74 Å². The Bertz CT molecular complexity index is 1310. The lowest BCUT2D eigenvalue weighted by molar-refractivity contribution is -0.140. The number of ketones is 1. The number of hydrogen-bond donors (Lipinski definition) is 1. The maximum absolute atomic E-state index is 13.2. The van der Waals surface area contributed by atoms with E-state index in [0.29, 0.717) is 43.4 Å². The number of nitrogens with zero attached hydrogens (tertiary/aromatic N) is 1. The predicted octanol–water partition coefficient (Wildman–Crippen LogP) is 6.16. The number of carbonyl (C=O) groups is 2. The average molecular weight is 514 g/mol. The number of hydrogen-bond acceptors (Lipinski definition) is 5. The summed E-state index contributed by atoms with van der Waals surface area (Å²) in [5.74, 6) is -0.496. The largest absolute Gasteiger partial charge is 0.507 e. The first-order chi connectivity index (χ1) is 18.3. The Balaban J connectivity index is 1.64. The van der Waals surface area contributed by atoms with E-state index in [4.69, 9.17) is 9.47 Å². The number of rotatable bonds is 10. The van der Waals surface area contributed by atoms with Crippen molar-refractivity contribution in [2.24, 2.45) is 0 Å². The number of aliphatic hydroxyl groups excluding tert-OH is 1. The molecule has 3 aromatic carbocycles. The van der Waals surface area contributed by atoms with Crippen molar-refractivity contribution in [1.29, 1.82) is 0 Å². The minimum Gasteiger partial charge on any atom is -0.507 e. The molecule has 1 aliphatic rings. The van der Waals surface area contributed by atoms with Crippen LogP contribution in [-0.4, -0.2) is 42.0 Å². The summed E-state index contributed by atoms with van der Waals surface area (Å²) in [4.78, 5) is 27.8. The van der Waals surface area contributed by atoms with E-state index in [1.807, 2.05) is 49.4 Å². The van der Waals surface area contributed by atoms with Gasteiger partial charge in [-0.05, 0) is 60.2 Å². The Labute approximate surface area is 224 Å². The fourth-order valence-electron chi connectivity index (χ4n) is 4.73. The molecule has 0 radical (unpaired) electrons. The maximum atomic E-state index is 13.2. The van der Waals surface area contributed by atoms with Crippen LogP contribution in [0.5, 0.6) is 5.75 Å². The fourth-order valence-corrected chi connectivity index (χ4v) is 4.73. The van der Waals surface area contributed by atoms with Crippen LogP contribution in [0.1, 0.15) is 60.0 Å². The van der Waals surface area contributed by atoms with Gasteiger partial charge in [-0.25, -0.2) is 0 Å². The van der Waals surface area contributed by atoms with Gasteiger partial charge in [-0.1, -0.05) is 67.9 Å². The molecule has 1 aliphatic heterocycles. The molecular weight excluding hydrogens is 478 g/mol. The van der Waals surface area contributed by atoms with Crippen molar-refractivity contribution in [1.82, 2.24) is 4.90 Å². The Morgan fingerprint density at radius 3 is 2.34 bits per heavy atom. The topological polar surface area (TPSA) is 76.1 Å². The second-order valence-electron chi connectivity index (χ2n) is 9.96. The van der Waals surface area contributed by atoms with Gasteiger partial charge >= 0.3 is 0 Å². The molecule has 1 saturated heterocycles. The number of amides is 1. The average Bonchev–Trinajstić information content (AvgIpc) is 3.17. The van der Waals surface area contributed by atoms with Gasteiger partial charge in [-0.2, -0.15) is 0 Å². The minimum atomic E-state index is -0.683. The minimum absolute atomic E-state index is 0.0955. The smallest absolute Gasteiger partial charge is 0.295 e. The van der Waals surface area contributed by atoms with E-state index in [1.165, 1.54) is 10.5 Å². The fraction of sp³-hybridized carbons (Fsp3) is 0.312. The molecule has 1 atom stereocenters. The van der Waals surface area contributed by atoms with Crippen molar-refractivity contribution in [3.05, 3.63) is 106 Å². The van der Waals surface area contributed by atoms with E-state index < -0.39 is 17.7 Å². The number of benzene rings is 3. The Hall–Kier alpha value is -3.90. The molecule has 198 valence electrons. The summed E-state index contributed by atoms with van der Waals surface area (Å²) in [5, 5.41) is 11.3. The number of likely N-dealkylation sites (tertiary alicyclic amines) is 1. The number of Topliss-reactive ketones (excluding diaryl/α,β-unsaturated/α-hetero) is 1. The quantitative estimate of drug-likeness (QED) is 0.152. The molecule has 0 saturated carbocycles. The third kappa shape index (κ3) is 5.97. The van der Waals surface area contributed by atoms with Crippen LogP contribution in [0.25, 0.3) is 5.76 Å². The molecular formula is C32H35NO5. The molecule has 0 aliphatic carbocycles. The lowest BCUT2D eigenvalue weighted by Gasteiger charge is -2.25. The van der Waals surface area contributed by atoms with Crippen molar-refractivity contribution in [3.8, 4) is 5.75 Å². The van der Waals surface area contributed by atoms with Gasteiger partial charge in [0.05, 0.1) is 11.6 Å². The lowest BCUT2D eigenvalue weighted by atomic mass is 9.93. The van der Waals surface area contributed by atoms with Crippen LogP contribution in [-0.2, 0) is 20.9 Å². The molecule has 3 aromatic rings. The van der Waals surface area contributed by atoms with Gasteiger partial charge in [0.1, 0.15) is 18.1 Å². The van der Waals surface area contributed by atoms with Gasteiger partial charge in [0, 0.05) is 25.8 Å². The van der Waals surface area contributed by atoms with Crippen LogP contribution in [0.3, 0.4) is 0 Å². The molecule has 0 spiro atoms. The first kappa shape index (κ1) is 27.1. The Kier molecular flexibility index (Phi) is 8.64. The standard InChI is InChI=1S/C32H35NO5/c1-21(2)24-9-11-25(12-10-24)29-28(31(35)32(36)33(29)17-6-18-37-4)30(34)26-13-15-27(16-14-26)38-20-23-8-5-7-22(3)19-23/h5,7-16,19,21,29,34H,6,17-18,20H2,1-4H3/b30-28+/t29-/m0/s1. The number of aryl methyl sites for hydroxylation is 1. The van der Waals surface area contributed by atoms with Crippen LogP contribution in [0.4, 0.5) is 0 Å². The highest BCUT2D eigenvalue weighted by molar-refractivity contribution is 6.46. The predicted molar refractivity (Wildman–Crippen MR) is 148 cm³/mol. The zero-order valence-electron chi connectivity index (χ0n) is 22.4. The highest BCUT2D eigenvalue weighted by Crippen LogP contribution is 2.40. The van der Waals surface area contributed by atoms with Crippen molar-refractivity contribution < 1.29 is 24.2 Å². The van der Waals surface area contributed by atoms with Crippen LogP contribution in [0, 0.1) is 6.92 Å². The number of aliphatic hydroxyl groups is 1. The molecule has 1 amide bonds. The molecule has 0 aromatic heterocycles. The van der Waals surface area contributed by atoms with Crippen molar-refractivity contribution >= 4 is 17.4 Å². The second-order valence-corrected chi connectivity index (χ2v) is 9.96. The second kappa shape index (κ2) is 12.1. The maximum Gasteiger partial charge on any atom is 0.295 e. The summed E-state index contributed by atoms with van der Waals surface area (Å²) in [6.45, 7) is 7.49. The van der Waals surface area contributed by atoms with Gasteiger partial charge < -0.3 is 19.5 Å².